The first-order valence-electron chi connectivity index (χ1n) is 5.49. The van der Waals surface area contributed by atoms with Gasteiger partial charge >= 0.3 is 0 Å². The van der Waals surface area contributed by atoms with E-state index in [1.807, 2.05) is 11.8 Å². The van der Waals surface area contributed by atoms with Crippen molar-refractivity contribution in [2.24, 2.45) is 5.73 Å². The largest absolute Gasteiger partial charge is 0.328 e. The number of nitrogens with two attached hydrogens (primary N) is 1. The van der Waals surface area contributed by atoms with Crippen molar-refractivity contribution in [3.63, 3.8) is 0 Å². The molecule has 2 N–H and O–H groups in total. The van der Waals surface area contributed by atoms with E-state index in [0.717, 1.165) is 17.9 Å². The summed E-state index contributed by atoms with van der Waals surface area (Å²) >= 11 is 1.98. The topological polar surface area (TPSA) is 26.0 Å². The molecule has 0 heterocycles. The van der Waals surface area contributed by atoms with Gasteiger partial charge in [-0.25, -0.2) is 0 Å². The third kappa shape index (κ3) is 4.27. The summed E-state index contributed by atoms with van der Waals surface area (Å²) in [5.41, 5.74) is 10.0. The maximum absolute atomic E-state index is 5.72. The van der Waals surface area contributed by atoms with Crippen LogP contribution in [0.4, 0.5) is 0 Å². The van der Waals surface area contributed by atoms with Crippen LogP contribution in [0, 0.1) is 13.8 Å². The highest BCUT2D eigenvalue weighted by molar-refractivity contribution is 7.98. The minimum Gasteiger partial charge on any atom is -0.328 e. The molecule has 0 aliphatic carbocycles. The lowest BCUT2D eigenvalue weighted by molar-refractivity contribution is 0.721. The molecule has 0 aromatic heterocycles. The molecule has 0 spiro atoms. The quantitative estimate of drug-likeness (QED) is 0.775. The molecule has 0 saturated heterocycles. The third-order valence-electron chi connectivity index (χ3n) is 2.61. The van der Waals surface area contributed by atoms with Crippen LogP contribution in [-0.4, -0.2) is 11.8 Å². The lowest BCUT2D eigenvalue weighted by Gasteiger charge is -2.09. The lowest BCUT2D eigenvalue weighted by atomic mass is 10.1. The van der Waals surface area contributed by atoms with Crippen molar-refractivity contribution in [1.82, 2.24) is 0 Å². The Kier molecular flexibility index (Phi) is 5.20. The van der Waals surface area contributed by atoms with Gasteiger partial charge in [0, 0.05) is 11.8 Å². The zero-order chi connectivity index (χ0) is 11.3. The fourth-order valence-electron chi connectivity index (χ4n) is 1.52. The molecule has 1 atom stereocenters. The molecule has 0 aliphatic rings. The van der Waals surface area contributed by atoms with Gasteiger partial charge in [0.25, 0.3) is 0 Å². The minimum absolute atomic E-state index is 0.329. The Hall–Kier alpha value is -0.470. The van der Waals surface area contributed by atoms with Crippen LogP contribution in [0.15, 0.2) is 18.2 Å². The van der Waals surface area contributed by atoms with Crippen LogP contribution in [0.25, 0.3) is 0 Å². The van der Waals surface area contributed by atoms with Crippen molar-refractivity contribution in [3.05, 3.63) is 34.9 Å². The molecule has 15 heavy (non-hydrogen) atoms. The maximum Gasteiger partial charge on any atom is 0.0189 e. The van der Waals surface area contributed by atoms with Gasteiger partial charge in [-0.3, -0.25) is 0 Å². The Morgan fingerprint density at radius 3 is 2.40 bits per heavy atom. The summed E-state index contributed by atoms with van der Waals surface area (Å²) in [6, 6.07) is 6.83. The molecule has 1 nitrogen and oxygen atoms in total. The number of aryl methyl sites for hydroxylation is 2. The molecule has 84 valence electrons. The number of thioether (sulfide) groups is 1. The van der Waals surface area contributed by atoms with Crippen LogP contribution >= 0.6 is 11.8 Å². The summed E-state index contributed by atoms with van der Waals surface area (Å²) < 4.78 is 0. The van der Waals surface area contributed by atoms with E-state index in [1.165, 1.54) is 16.7 Å². The van der Waals surface area contributed by atoms with Crippen LogP contribution in [0.3, 0.4) is 0 Å². The number of benzene rings is 1. The van der Waals surface area contributed by atoms with Gasteiger partial charge in [0.15, 0.2) is 0 Å². The standard InChI is InChI=1S/C13H21NS/c1-10-5-4-6-11(2)13(10)9-15-8-7-12(3)14/h4-6,12H,7-9,14H2,1-3H3. The van der Waals surface area contributed by atoms with E-state index in [1.54, 1.807) is 0 Å². The highest BCUT2D eigenvalue weighted by Gasteiger charge is 2.02. The normalized spacial score (nSPS) is 12.8. The van der Waals surface area contributed by atoms with Crippen molar-refractivity contribution < 1.29 is 0 Å². The van der Waals surface area contributed by atoms with Gasteiger partial charge in [0.1, 0.15) is 0 Å². The Labute approximate surface area is 97.4 Å². The first-order chi connectivity index (χ1) is 7.11. The Morgan fingerprint density at radius 2 is 1.87 bits per heavy atom. The monoisotopic (exact) mass is 223 g/mol. The second kappa shape index (κ2) is 6.19. The molecule has 0 amide bonds. The fourth-order valence-corrected chi connectivity index (χ4v) is 2.86. The second-order valence-corrected chi connectivity index (χ2v) is 5.29. The molecule has 0 radical (unpaired) electrons. The minimum atomic E-state index is 0.329. The van der Waals surface area contributed by atoms with Gasteiger partial charge in [0.05, 0.1) is 0 Å². The molecule has 2 heteroatoms. The fraction of sp³-hybridized carbons (Fsp3) is 0.538. The molecule has 0 fully saturated rings. The van der Waals surface area contributed by atoms with Crippen LogP contribution in [0.5, 0.6) is 0 Å². The predicted octanol–water partition coefficient (Wildman–Crippen LogP) is 3.27. The highest BCUT2D eigenvalue weighted by Crippen LogP contribution is 2.20. The van der Waals surface area contributed by atoms with Gasteiger partial charge in [-0.1, -0.05) is 18.2 Å². The van der Waals surface area contributed by atoms with Gasteiger partial charge in [-0.15, -0.1) is 0 Å². The first kappa shape index (κ1) is 12.6. The smallest absolute Gasteiger partial charge is 0.0189 e. The van der Waals surface area contributed by atoms with E-state index >= 15 is 0 Å². The molecule has 1 unspecified atom stereocenters. The number of rotatable bonds is 5. The van der Waals surface area contributed by atoms with Gasteiger partial charge in [0.2, 0.25) is 0 Å². The Bertz CT molecular complexity index is 287. The van der Waals surface area contributed by atoms with E-state index in [-0.39, 0.29) is 0 Å². The Balaban J connectivity index is 2.43. The van der Waals surface area contributed by atoms with Crippen LogP contribution in [0.2, 0.25) is 0 Å². The van der Waals surface area contributed by atoms with Crippen molar-refractivity contribution in [2.75, 3.05) is 5.75 Å². The summed E-state index contributed by atoms with van der Waals surface area (Å²) in [5, 5.41) is 0. The SMILES string of the molecule is Cc1cccc(C)c1CSCCC(C)N. The van der Waals surface area contributed by atoms with E-state index in [0.29, 0.717) is 6.04 Å². The number of hydrogen-bond donors (Lipinski definition) is 1. The maximum atomic E-state index is 5.72. The predicted molar refractivity (Wildman–Crippen MR) is 70.3 cm³/mol. The molecule has 0 aliphatic heterocycles. The zero-order valence-electron chi connectivity index (χ0n) is 9.92. The number of hydrogen-bond acceptors (Lipinski definition) is 2. The summed E-state index contributed by atoms with van der Waals surface area (Å²) in [7, 11) is 0. The summed E-state index contributed by atoms with van der Waals surface area (Å²) in [4.78, 5) is 0. The average Bonchev–Trinajstić information content (AvgIpc) is 2.15. The average molecular weight is 223 g/mol. The van der Waals surface area contributed by atoms with Gasteiger partial charge < -0.3 is 5.73 Å². The van der Waals surface area contributed by atoms with Gasteiger partial charge in [-0.05, 0) is 49.6 Å². The molecule has 1 rings (SSSR count). The summed E-state index contributed by atoms with van der Waals surface area (Å²) in [6.45, 7) is 6.45. The molecular formula is C13H21NS. The van der Waals surface area contributed by atoms with E-state index in [2.05, 4.69) is 39.0 Å². The highest BCUT2D eigenvalue weighted by atomic mass is 32.2. The Morgan fingerprint density at radius 1 is 1.27 bits per heavy atom. The summed E-state index contributed by atoms with van der Waals surface area (Å²) in [5.74, 6) is 2.27. The van der Waals surface area contributed by atoms with Crippen molar-refractivity contribution in [1.29, 1.82) is 0 Å². The molecule has 1 aromatic carbocycles. The van der Waals surface area contributed by atoms with E-state index in [9.17, 15) is 0 Å². The van der Waals surface area contributed by atoms with Crippen LogP contribution < -0.4 is 5.73 Å². The molecule has 0 bridgehead atoms. The molecular weight excluding hydrogens is 202 g/mol. The van der Waals surface area contributed by atoms with E-state index < -0.39 is 0 Å². The zero-order valence-corrected chi connectivity index (χ0v) is 10.7. The van der Waals surface area contributed by atoms with Crippen LogP contribution in [-0.2, 0) is 5.75 Å². The van der Waals surface area contributed by atoms with Crippen LogP contribution in [0.1, 0.15) is 30.0 Å². The van der Waals surface area contributed by atoms with Gasteiger partial charge in [-0.2, -0.15) is 11.8 Å². The van der Waals surface area contributed by atoms with Crippen molar-refractivity contribution >= 4 is 11.8 Å². The van der Waals surface area contributed by atoms with Crippen molar-refractivity contribution in [3.8, 4) is 0 Å². The summed E-state index contributed by atoms with van der Waals surface area (Å²) in [6.07, 6.45) is 1.11. The second-order valence-electron chi connectivity index (χ2n) is 4.19. The first-order valence-corrected chi connectivity index (χ1v) is 6.65. The molecule has 1 aromatic rings. The molecule has 0 saturated carbocycles. The van der Waals surface area contributed by atoms with Crippen molar-refractivity contribution in [2.45, 2.75) is 39.0 Å². The third-order valence-corrected chi connectivity index (χ3v) is 3.63. The lowest BCUT2D eigenvalue weighted by Crippen LogP contribution is -2.15. The van der Waals surface area contributed by atoms with E-state index in [4.69, 9.17) is 5.73 Å².